The smallest absolute Gasteiger partial charge is 0.256 e. The first kappa shape index (κ1) is 14.2. The molecule has 8 heteroatoms. The highest BCUT2D eigenvalue weighted by Crippen LogP contribution is 2.32. The van der Waals surface area contributed by atoms with Crippen LogP contribution in [0, 0.1) is 11.6 Å². The van der Waals surface area contributed by atoms with Crippen molar-refractivity contribution in [2.45, 2.75) is 11.8 Å². The van der Waals surface area contributed by atoms with Crippen molar-refractivity contribution in [2.24, 2.45) is 0 Å². The van der Waals surface area contributed by atoms with Gasteiger partial charge in [-0.2, -0.15) is 0 Å². The normalized spacial score (nSPS) is 20.4. The van der Waals surface area contributed by atoms with Gasteiger partial charge in [-0.3, -0.25) is 4.79 Å². The molecule has 21 heavy (non-hydrogen) atoms. The van der Waals surface area contributed by atoms with Gasteiger partial charge in [0.1, 0.15) is 0 Å². The standard InChI is InChI=1S/C13H12F2N2O3S/c1-16-10-4-21(19,20)5-11-12(10)6-2-8(14)9(15)3-7(6)13(18)17-11/h2-3,10,16H,4-5H2,1H3,(H,17,18). The molecule has 1 unspecified atom stereocenters. The summed E-state index contributed by atoms with van der Waals surface area (Å²) in [5.74, 6) is -2.66. The lowest BCUT2D eigenvalue weighted by Crippen LogP contribution is -2.34. The van der Waals surface area contributed by atoms with Gasteiger partial charge in [-0.05, 0) is 30.1 Å². The average molecular weight is 314 g/mol. The largest absolute Gasteiger partial charge is 0.324 e. The van der Waals surface area contributed by atoms with Crippen LogP contribution in [0.2, 0.25) is 0 Å². The third-order valence-electron chi connectivity index (χ3n) is 3.67. The van der Waals surface area contributed by atoms with Gasteiger partial charge in [0.15, 0.2) is 21.5 Å². The second-order valence-electron chi connectivity index (χ2n) is 5.05. The Hall–Kier alpha value is -1.80. The Kier molecular flexibility index (Phi) is 3.10. The molecule has 0 aliphatic carbocycles. The summed E-state index contributed by atoms with van der Waals surface area (Å²) in [5, 5.41) is 3.09. The van der Waals surface area contributed by atoms with Crippen LogP contribution in [-0.2, 0) is 15.6 Å². The van der Waals surface area contributed by atoms with Crippen LogP contribution in [0.1, 0.15) is 17.3 Å². The predicted molar refractivity (Wildman–Crippen MR) is 73.8 cm³/mol. The number of pyridine rings is 1. The highest BCUT2D eigenvalue weighted by Gasteiger charge is 2.32. The van der Waals surface area contributed by atoms with Crippen LogP contribution in [0.4, 0.5) is 8.78 Å². The monoisotopic (exact) mass is 314 g/mol. The second-order valence-corrected chi connectivity index (χ2v) is 7.16. The van der Waals surface area contributed by atoms with Crippen LogP contribution in [0.5, 0.6) is 0 Å². The van der Waals surface area contributed by atoms with Gasteiger partial charge in [-0.1, -0.05) is 0 Å². The van der Waals surface area contributed by atoms with Gasteiger partial charge in [0.2, 0.25) is 0 Å². The summed E-state index contributed by atoms with van der Waals surface area (Å²) in [6.45, 7) is 0. The Bertz CT molecular complexity index is 906. The zero-order valence-electron chi connectivity index (χ0n) is 11.0. The van der Waals surface area contributed by atoms with Crippen molar-refractivity contribution in [1.82, 2.24) is 10.3 Å². The molecule has 112 valence electrons. The van der Waals surface area contributed by atoms with Crippen molar-refractivity contribution >= 4 is 20.6 Å². The number of nitrogens with one attached hydrogen (secondary N) is 2. The van der Waals surface area contributed by atoms with Crippen molar-refractivity contribution in [3.05, 3.63) is 45.4 Å². The van der Waals surface area contributed by atoms with Crippen LogP contribution >= 0.6 is 0 Å². The van der Waals surface area contributed by atoms with E-state index in [0.717, 1.165) is 12.1 Å². The molecule has 1 atom stereocenters. The number of rotatable bonds is 1. The van der Waals surface area contributed by atoms with Crippen LogP contribution in [0.25, 0.3) is 10.8 Å². The lowest BCUT2D eigenvalue weighted by Gasteiger charge is -2.26. The molecule has 1 aromatic carbocycles. The van der Waals surface area contributed by atoms with E-state index in [-0.39, 0.29) is 28.0 Å². The first-order chi connectivity index (χ1) is 9.82. The molecule has 0 bridgehead atoms. The van der Waals surface area contributed by atoms with Crippen LogP contribution in [-0.4, -0.2) is 26.2 Å². The van der Waals surface area contributed by atoms with Gasteiger partial charge in [0, 0.05) is 11.7 Å². The van der Waals surface area contributed by atoms with Crippen LogP contribution in [0.15, 0.2) is 16.9 Å². The molecule has 1 aliphatic heterocycles. The molecule has 0 fully saturated rings. The lowest BCUT2D eigenvalue weighted by atomic mass is 9.98. The molecule has 2 aromatic rings. The van der Waals surface area contributed by atoms with Crippen LogP contribution in [0.3, 0.4) is 0 Å². The average Bonchev–Trinajstić information content (AvgIpc) is 2.39. The lowest BCUT2D eigenvalue weighted by molar-refractivity contribution is 0.510. The van der Waals surface area contributed by atoms with Gasteiger partial charge in [0.25, 0.3) is 5.56 Å². The van der Waals surface area contributed by atoms with E-state index < -0.39 is 33.1 Å². The van der Waals surface area contributed by atoms with E-state index >= 15 is 0 Å². The Morgan fingerprint density at radius 3 is 2.48 bits per heavy atom. The zero-order chi connectivity index (χ0) is 15.4. The SMILES string of the molecule is CNC1CS(=O)(=O)Cc2[nH]c(=O)c3cc(F)c(F)cc3c21. The third-order valence-corrected chi connectivity index (χ3v) is 5.24. The summed E-state index contributed by atoms with van der Waals surface area (Å²) in [5.41, 5.74) is 0.0968. The maximum Gasteiger partial charge on any atom is 0.256 e. The van der Waals surface area contributed by atoms with Gasteiger partial charge >= 0.3 is 0 Å². The molecular weight excluding hydrogens is 302 g/mol. The molecule has 2 heterocycles. The summed E-state index contributed by atoms with van der Waals surface area (Å²) < 4.78 is 50.5. The number of halogens is 2. The van der Waals surface area contributed by atoms with Crippen LogP contribution < -0.4 is 10.9 Å². The number of hydrogen-bond donors (Lipinski definition) is 2. The topological polar surface area (TPSA) is 79.0 Å². The second kappa shape index (κ2) is 4.60. The minimum Gasteiger partial charge on any atom is -0.324 e. The molecular formula is C13H12F2N2O3S. The summed E-state index contributed by atoms with van der Waals surface area (Å²) in [6.07, 6.45) is 0. The fourth-order valence-electron chi connectivity index (χ4n) is 2.75. The Balaban J connectivity index is 2.44. The van der Waals surface area contributed by atoms with Gasteiger partial charge in [0.05, 0.1) is 16.9 Å². The summed E-state index contributed by atoms with van der Waals surface area (Å²) in [4.78, 5) is 14.4. The predicted octanol–water partition coefficient (Wildman–Crippen LogP) is 0.995. The van der Waals surface area contributed by atoms with Crippen molar-refractivity contribution in [2.75, 3.05) is 12.8 Å². The van der Waals surface area contributed by atoms with Gasteiger partial charge in [-0.25, -0.2) is 17.2 Å². The Labute approximate surface area is 118 Å². The van der Waals surface area contributed by atoms with E-state index in [1.807, 2.05) is 0 Å². The summed E-state index contributed by atoms with van der Waals surface area (Å²) >= 11 is 0. The first-order valence-corrected chi connectivity index (χ1v) is 8.06. The fourth-order valence-corrected chi connectivity index (χ4v) is 4.37. The number of aromatic amines is 1. The Morgan fingerprint density at radius 2 is 1.86 bits per heavy atom. The quantitative estimate of drug-likeness (QED) is 0.823. The van der Waals surface area contributed by atoms with E-state index in [9.17, 15) is 22.0 Å². The maximum atomic E-state index is 13.5. The number of sulfone groups is 1. The maximum absolute atomic E-state index is 13.5. The number of fused-ring (bicyclic) bond motifs is 3. The van der Waals surface area contributed by atoms with E-state index in [4.69, 9.17) is 0 Å². The Morgan fingerprint density at radius 1 is 1.24 bits per heavy atom. The van der Waals surface area contributed by atoms with Crippen molar-refractivity contribution in [3.63, 3.8) is 0 Å². The molecule has 3 rings (SSSR count). The van der Waals surface area contributed by atoms with E-state index in [1.165, 1.54) is 0 Å². The highest BCUT2D eigenvalue weighted by atomic mass is 32.2. The number of benzene rings is 1. The fraction of sp³-hybridized carbons (Fsp3) is 0.308. The van der Waals surface area contributed by atoms with Gasteiger partial charge < -0.3 is 10.3 Å². The molecule has 0 amide bonds. The zero-order valence-corrected chi connectivity index (χ0v) is 11.9. The molecule has 0 saturated carbocycles. The highest BCUT2D eigenvalue weighted by molar-refractivity contribution is 7.90. The first-order valence-electron chi connectivity index (χ1n) is 6.24. The number of H-pyrrole nitrogens is 1. The summed E-state index contributed by atoms with van der Waals surface area (Å²) in [7, 11) is -1.79. The van der Waals surface area contributed by atoms with Crippen molar-refractivity contribution in [1.29, 1.82) is 0 Å². The van der Waals surface area contributed by atoms with Crippen molar-refractivity contribution in [3.8, 4) is 0 Å². The molecule has 5 nitrogen and oxygen atoms in total. The van der Waals surface area contributed by atoms with E-state index in [1.54, 1.807) is 7.05 Å². The van der Waals surface area contributed by atoms with E-state index in [0.29, 0.717) is 5.56 Å². The van der Waals surface area contributed by atoms with Gasteiger partial charge in [-0.15, -0.1) is 0 Å². The summed E-state index contributed by atoms with van der Waals surface area (Å²) in [6, 6.07) is 1.20. The molecule has 0 spiro atoms. The molecule has 1 aromatic heterocycles. The molecule has 2 N–H and O–H groups in total. The number of aromatic nitrogens is 1. The van der Waals surface area contributed by atoms with E-state index in [2.05, 4.69) is 10.3 Å². The number of hydrogen-bond acceptors (Lipinski definition) is 4. The minimum absolute atomic E-state index is 0.00666. The molecule has 0 saturated heterocycles. The molecule has 0 radical (unpaired) electrons. The minimum atomic E-state index is -3.36. The van der Waals surface area contributed by atoms with Crippen molar-refractivity contribution < 1.29 is 17.2 Å². The molecule has 1 aliphatic rings. The third kappa shape index (κ3) is 2.24.